The van der Waals surface area contributed by atoms with Gasteiger partial charge in [0.1, 0.15) is 0 Å². The predicted octanol–water partition coefficient (Wildman–Crippen LogP) is 3.18. The highest BCUT2D eigenvalue weighted by atomic mass is 35.5. The Balaban J connectivity index is 1.74. The Morgan fingerprint density at radius 3 is 2.50 bits per heavy atom. The predicted molar refractivity (Wildman–Crippen MR) is 88.6 cm³/mol. The molecule has 1 saturated heterocycles. The summed E-state index contributed by atoms with van der Waals surface area (Å²) in [6.45, 7) is 1.17. The topological polar surface area (TPSA) is 46.3 Å². The third-order valence-corrected chi connectivity index (χ3v) is 4.56. The molecular formula is C18H19ClN2O. The number of nitrogens with two attached hydrogens (primary N) is 1. The van der Waals surface area contributed by atoms with E-state index in [0.29, 0.717) is 24.5 Å². The van der Waals surface area contributed by atoms with E-state index in [-0.39, 0.29) is 17.9 Å². The summed E-state index contributed by atoms with van der Waals surface area (Å²) >= 11 is 6.26. The second kappa shape index (κ2) is 6.51. The van der Waals surface area contributed by atoms with Crippen LogP contribution in [0.3, 0.4) is 0 Å². The lowest BCUT2D eigenvalue weighted by atomic mass is 9.85. The molecule has 22 heavy (non-hydrogen) atoms. The summed E-state index contributed by atoms with van der Waals surface area (Å²) in [5.41, 5.74) is 8.43. The Kier molecular flexibility index (Phi) is 4.46. The monoisotopic (exact) mass is 314 g/mol. The maximum Gasteiger partial charge on any atom is 0.223 e. The number of rotatable bonds is 3. The standard InChI is InChI=1S/C18H19ClN2O/c19-16-9-5-4-8-14(16)15-10-18(22)21(12-17(15)20)11-13-6-2-1-3-7-13/h1-9,15,17H,10-12,20H2/t15-,17+/m1/s1. The molecule has 0 aromatic heterocycles. The number of likely N-dealkylation sites (tertiary alicyclic amines) is 1. The molecule has 1 aliphatic rings. The van der Waals surface area contributed by atoms with Crippen LogP contribution in [0.15, 0.2) is 54.6 Å². The van der Waals surface area contributed by atoms with Crippen molar-refractivity contribution in [1.29, 1.82) is 0 Å². The Bertz CT molecular complexity index is 659. The zero-order valence-corrected chi connectivity index (χ0v) is 13.0. The minimum atomic E-state index is -0.0960. The number of piperidine rings is 1. The highest BCUT2D eigenvalue weighted by molar-refractivity contribution is 6.31. The minimum absolute atomic E-state index is 0.00627. The first-order valence-electron chi connectivity index (χ1n) is 7.47. The van der Waals surface area contributed by atoms with E-state index in [1.54, 1.807) is 0 Å². The van der Waals surface area contributed by atoms with Crippen molar-refractivity contribution in [2.24, 2.45) is 5.73 Å². The lowest BCUT2D eigenvalue weighted by Gasteiger charge is -2.37. The summed E-state index contributed by atoms with van der Waals surface area (Å²) in [5.74, 6) is 0.128. The number of amides is 1. The lowest BCUT2D eigenvalue weighted by molar-refractivity contribution is -0.135. The summed E-state index contributed by atoms with van der Waals surface area (Å²) in [6, 6.07) is 17.5. The van der Waals surface area contributed by atoms with Gasteiger partial charge >= 0.3 is 0 Å². The molecule has 3 nitrogen and oxygen atoms in total. The van der Waals surface area contributed by atoms with Gasteiger partial charge in [-0.15, -0.1) is 0 Å². The van der Waals surface area contributed by atoms with Gasteiger partial charge in [-0.05, 0) is 17.2 Å². The number of benzene rings is 2. The summed E-state index contributed by atoms with van der Waals surface area (Å²) in [5, 5.41) is 0.687. The summed E-state index contributed by atoms with van der Waals surface area (Å²) in [6.07, 6.45) is 0.414. The first-order valence-corrected chi connectivity index (χ1v) is 7.84. The van der Waals surface area contributed by atoms with Crippen molar-refractivity contribution in [2.45, 2.75) is 24.9 Å². The van der Waals surface area contributed by atoms with Gasteiger partial charge in [-0.2, -0.15) is 0 Å². The van der Waals surface area contributed by atoms with E-state index in [1.165, 1.54) is 0 Å². The van der Waals surface area contributed by atoms with E-state index in [9.17, 15) is 4.79 Å². The second-order valence-electron chi connectivity index (χ2n) is 5.76. The normalized spacial score (nSPS) is 21.9. The van der Waals surface area contributed by atoms with Gasteiger partial charge in [0.15, 0.2) is 0 Å². The third-order valence-electron chi connectivity index (χ3n) is 4.22. The Labute approximate surface area is 135 Å². The molecule has 0 saturated carbocycles. The molecule has 1 fully saturated rings. The van der Waals surface area contributed by atoms with E-state index in [4.69, 9.17) is 17.3 Å². The minimum Gasteiger partial charge on any atom is -0.337 e. The van der Waals surface area contributed by atoms with Crippen molar-refractivity contribution in [1.82, 2.24) is 4.90 Å². The van der Waals surface area contributed by atoms with Crippen molar-refractivity contribution >= 4 is 17.5 Å². The third kappa shape index (κ3) is 3.16. The average Bonchev–Trinajstić information content (AvgIpc) is 2.52. The summed E-state index contributed by atoms with van der Waals surface area (Å²) in [4.78, 5) is 14.3. The Morgan fingerprint density at radius 2 is 1.77 bits per heavy atom. The zero-order valence-electron chi connectivity index (χ0n) is 12.3. The van der Waals surface area contributed by atoms with Crippen molar-refractivity contribution in [2.75, 3.05) is 6.54 Å². The van der Waals surface area contributed by atoms with Crippen LogP contribution in [-0.4, -0.2) is 23.4 Å². The van der Waals surface area contributed by atoms with Crippen LogP contribution in [0.25, 0.3) is 0 Å². The number of hydrogen-bond acceptors (Lipinski definition) is 2. The zero-order chi connectivity index (χ0) is 15.5. The quantitative estimate of drug-likeness (QED) is 0.945. The fraction of sp³-hybridized carbons (Fsp3) is 0.278. The van der Waals surface area contributed by atoms with Gasteiger partial charge in [0.25, 0.3) is 0 Å². The number of carbonyl (C=O) groups excluding carboxylic acids is 1. The van der Waals surface area contributed by atoms with Crippen LogP contribution in [0.1, 0.15) is 23.5 Å². The van der Waals surface area contributed by atoms with Gasteiger partial charge in [-0.3, -0.25) is 4.79 Å². The molecule has 0 bridgehead atoms. The molecule has 1 aliphatic heterocycles. The molecule has 1 amide bonds. The Hall–Kier alpha value is -1.84. The van der Waals surface area contributed by atoms with Crippen LogP contribution in [0.2, 0.25) is 5.02 Å². The first kappa shape index (κ1) is 15.1. The van der Waals surface area contributed by atoms with Crippen molar-refractivity contribution in [3.8, 4) is 0 Å². The number of hydrogen-bond donors (Lipinski definition) is 1. The van der Waals surface area contributed by atoms with Gasteiger partial charge in [0, 0.05) is 36.5 Å². The fourth-order valence-corrected chi connectivity index (χ4v) is 3.30. The molecule has 2 atom stereocenters. The molecule has 0 spiro atoms. The van der Waals surface area contributed by atoms with Crippen molar-refractivity contribution in [3.63, 3.8) is 0 Å². The van der Waals surface area contributed by atoms with Crippen molar-refractivity contribution in [3.05, 3.63) is 70.7 Å². The Morgan fingerprint density at radius 1 is 1.09 bits per heavy atom. The first-order chi connectivity index (χ1) is 10.6. The van der Waals surface area contributed by atoms with Gasteiger partial charge in [0.2, 0.25) is 5.91 Å². The number of halogens is 1. The van der Waals surface area contributed by atoms with Gasteiger partial charge in [-0.25, -0.2) is 0 Å². The molecular weight excluding hydrogens is 296 g/mol. The molecule has 114 valence electrons. The van der Waals surface area contributed by atoms with Gasteiger partial charge < -0.3 is 10.6 Å². The average molecular weight is 315 g/mol. The molecule has 0 unspecified atom stereocenters. The van der Waals surface area contributed by atoms with E-state index in [2.05, 4.69) is 0 Å². The van der Waals surface area contributed by atoms with Crippen LogP contribution in [0, 0.1) is 0 Å². The van der Waals surface area contributed by atoms with E-state index in [1.807, 2.05) is 59.5 Å². The largest absolute Gasteiger partial charge is 0.337 e. The summed E-state index contributed by atoms with van der Waals surface area (Å²) in [7, 11) is 0. The van der Waals surface area contributed by atoms with E-state index < -0.39 is 0 Å². The van der Waals surface area contributed by atoms with Gasteiger partial charge in [-0.1, -0.05) is 60.1 Å². The van der Waals surface area contributed by atoms with Crippen LogP contribution in [-0.2, 0) is 11.3 Å². The van der Waals surface area contributed by atoms with E-state index in [0.717, 1.165) is 11.1 Å². The van der Waals surface area contributed by atoms with Crippen LogP contribution in [0.4, 0.5) is 0 Å². The van der Waals surface area contributed by atoms with E-state index >= 15 is 0 Å². The maximum atomic E-state index is 12.5. The highest BCUT2D eigenvalue weighted by Gasteiger charge is 2.33. The van der Waals surface area contributed by atoms with Crippen LogP contribution in [0.5, 0.6) is 0 Å². The molecule has 2 aromatic rings. The molecule has 3 rings (SSSR count). The smallest absolute Gasteiger partial charge is 0.223 e. The molecule has 4 heteroatoms. The molecule has 0 aliphatic carbocycles. The number of carbonyl (C=O) groups is 1. The fourth-order valence-electron chi connectivity index (χ4n) is 3.03. The maximum absolute atomic E-state index is 12.5. The molecule has 0 radical (unpaired) electrons. The SMILES string of the molecule is N[C@H]1CN(Cc2ccccc2)C(=O)C[C@@H]1c1ccccc1Cl. The second-order valence-corrected chi connectivity index (χ2v) is 6.16. The van der Waals surface area contributed by atoms with Crippen LogP contribution < -0.4 is 5.73 Å². The van der Waals surface area contributed by atoms with Crippen LogP contribution >= 0.6 is 11.6 Å². The lowest BCUT2D eigenvalue weighted by Crippen LogP contribution is -2.49. The molecule has 1 heterocycles. The highest BCUT2D eigenvalue weighted by Crippen LogP contribution is 2.33. The molecule has 2 aromatic carbocycles. The summed E-state index contributed by atoms with van der Waals surface area (Å²) < 4.78 is 0. The van der Waals surface area contributed by atoms with Crippen molar-refractivity contribution < 1.29 is 4.79 Å². The van der Waals surface area contributed by atoms with Gasteiger partial charge in [0.05, 0.1) is 0 Å². The number of nitrogens with zero attached hydrogens (tertiary/aromatic N) is 1. The molecule has 2 N–H and O–H groups in total.